The third-order valence-electron chi connectivity index (χ3n) is 3.57. The first-order valence-electron chi connectivity index (χ1n) is 7.24. The lowest BCUT2D eigenvalue weighted by molar-refractivity contribution is 0.108. The lowest BCUT2D eigenvalue weighted by atomic mass is 10.0. The minimum Gasteiger partial charge on any atom is -0.495 e. The average molecular weight is 368 g/mol. The van der Waals surface area contributed by atoms with E-state index in [-0.39, 0.29) is 10.5 Å². The van der Waals surface area contributed by atoms with Gasteiger partial charge < -0.3 is 10.1 Å². The number of para-hydroxylation sites is 2. The van der Waals surface area contributed by atoms with Crippen molar-refractivity contribution in [3.8, 4) is 5.75 Å². The van der Waals surface area contributed by atoms with E-state index in [4.69, 9.17) is 16.3 Å². The molecule has 1 N–H and O–H groups in total. The van der Waals surface area contributed by atoms with Crippen LogP contribution < -0.4 is 10.1 Å². The number of sulfone groups is 1. The van der Waals surface area contributed by atoms with Crippen molar-refractivity contribution in [1.29, 1.82) is 0 Å². The lowest BCUT2D eigenvalue weighted by Gasteiger charge is -2.16. The van der Waals surface area contributed by atoms with Gasteiger partial charge in [0.25, 0.3) is 5.24 Å². The molecule has 0 saturated carbocycles. The number of methoxy groups -OCH3 is 1. The van der Waals surface area contributed by atoms with Crippen LogP contribution >= 0.6 is 11.6 Å². The monoisotopic (exact) mass is 367 g/mol. The van der Waals surface area contributed by atoms with Gasteiger partial charge >= 0.3 is 0 Å². The first kappa shape index (κ1) is 18.3. The molecule has 0 aromatic heterocycles. The van der Waals surface area contributed by atoms with Gasteiger partial charge in [-0.15, -0.1) is 0 Å². The van der Waals surface area contributed by atoms with Gasteiger partial charge in [-0.25, -0.2) is 8.42 Å². The molecule has 0 saturated heterocycles. The zero-order valence-corrected chi connectivity index (χ0v) is 15.2. The number of rotatable bonds is 6. The van der Waals surface area contributed by atoms with Crippen LogP contribution in [0.3, 0.4) is 0 Å². The fourth-order valence-corrected chi connectivity index (χ4v) is 3.41. The summed E-state index contributed by atoms with van der Waals surface area (Å²) < 4.78 is 29.6. The van der Waals surface area contributed by atoms with Gasteiger partial charge in [-0.3, -0.25) is 4.79 Å². The van der Waals surface area contributed by atoms with E-state index in [0.29, 0.717) is 29.1 Å². The maximum atomic E-state index is 12.1. The summed E-state index contributed by atoms with van der Waals surface area (Å²) in [7, 11) is -2.04. The van der Waals surface area contributed by atoms with E-state index in [1.165, 1.54) is 13.2 Å². The maximum Gasteiger partial charge on any atom is 0.252 e. The molecule has 5 nitrogen and oxygen atoms in total. The summed E-state index contributed by atoms with van der Waals surface area (Å²) in [5.74, 6) is 0.576. The van der Waals surface area contributed by atoms with Crippen LogP contribution in [-0.2, 0) is 16.3 Å². The van der Waals surface area contributed by atoms with E-state index >= 15 is 0 Å². The van der Waals surface area contributed by atoms with Crippen LogP contribution in [0.1, 0.15) is 22.8 Å². The first-order valence-corrected chi connectivity index (χ1v) is 9.51. The van der Waals surface area contributed by atoms with E-state index in [1.54, 1.807) is 18.2 Å². The Morgan fingerprint density at radius 3 is 2.42 bits per heavy atom. The Morgan fingerprint density at radius 2 is 1.88 bits per heavy atom. The molecule has 0 bridgehead atoms. The summed E-state index contributed by atoms with van der Waals surface area (Å²) in [6.07, 6.45) is 1.63. The second kappa shape index (κ2) is 7.23. The Kier molecular flexibility index (Phi) is 5.51. The van der Waals surface area contributed by atoms with Crippen molar-refractivity contribution in [2.75, 3.05) is 18.7 Å². The van der Waals surface area contributed by atoms with Gasteiger partial charge in [0.15, 0.2) is 9.84 Å². The lowest BCUT2D eigenvalue weighted by Crippen LogP contribution is -2.08. The third kappa shape index (κ3) is 3.88. The van der Waals surface area contributed by atoms with Gasteiger partial charge in [-0.1, -0.05) is 19.1 Å². The van der Waals surface area contributed by atoms with Gasteiger partial charge in [0.1, 0.15) is 5.75 Å². The average Bonchev–Trinajstić information content (AvgIpc) is 2.53. The van der Waals surface area contributed by atoms with Crippen molar-refractivity contribution < 1.29 is 17.9 Å². The van der Waals surface area contributed by atoms with E-state index in [1.807, 2.05) is 19.1 Å². The largest absolute Gasteiger partial charge is 0.495 e. The number of benzene rings is 2. The van der Waals surface area contributed by atoms with Gasteiger partial charge in [-0.2, -0.15) is 0 Å². The number of anilines is 2. The summed E-state index contributed by atoms with van der Waals surface area (Å²) in [6.45, 7) is 1.87. The van der Waals surface area contributed by atoms with Crippen molar-refractivity contribution in [2.24, 2.45) is 0 Å². The van der Waals surface area contributed by atoms with E-state index in [2.05, 4.69) is 5.32 Å². The van der Waals surface area contributed by atoms with Crippen LogP contribution in [0, 0.1) is 0 Å². The predicted octanol–water partition coefficient (Wildman–Crippen LogP) is 3.78. The van der Waals surface area contributed by atoms with Crippen LogP contribution in [-0.4, -0.2) is 27.0 Å². The molecule has 2 aromatic rings. The molecule has 0 aliphatic heterocycles. The molecule has 0 fully saturated rings. The second-order valence-corrected chi connectivity index (χ2v) is 7.56. The fourth-order valence-electron chi connectivity index (χ4n) is 2.40. The summed E-state index contributed by atoms with van der Waals surface area (Å²) in [5, 5.41) is 2.40. The van der Waals surface area contributed by atoms with Crippen LogP contribution in [0.4, 0.5) is 11.4 Å². The number of carbonyl (C=O) groups excluding carboxylic acids is 1. The quantitative estimate of drug-likeness (QED) is 0.786. The van der Waals surface area contributed by atoms with Crippen molar-refractivity contribution in [1.82, 2.24) is 0 Å². The third-order valence-corrected chi connectivity index (χ3v) is 4.91. The Bertz CT molecular complexity index is 878. The molecule has 0 aliphatic carbocycles. The SMILES string of the molecule is CCc1cc(Nc2ccccc2OC)c(S(C)(=O)=O)cc1C(=O)Cl. The van der Waals surface area contributed by atoms with E-state index in [0.717, 1.165) is 6.26 Å². The molecule has 0 atom stereocenters. The van der Waals surface area contributed by atoms with Crippen molar-refractivity contribution in [3.05, 3.63) is 47.5 Å². The van der Waals surface area contributed by atoms with Crippen molar-refractivity contribution in [2.45, 2.75) is 18.2 Å². The first-order chi connectivity index (χ1) is 11.3. The highest BCUT2D eigenvalue weighted by Crippen LogP contribution is 2.33. The Hall–Kier alpha value is -2.05. The normalized spacial score (nSPS) is 11.2. The fraction of sp³-hybridized carbons (Fsp3) is 0.235. The molecule has 2 rings (SSSR count). The van der Waals surface area contributed by atoms with E-state index < -0.39 is 15.1 Å². The standard InChI is InChI=1S/C17H18ClNO4S/c1-4-11-9-14(19-13-7-5-6-8-15(13)23-2)16(24(3,21)22)10-12(11)17(18)20/h5-10,19H,4H2,1-3H3. The number of hydrogen-bond donors (Lipinski definition) is 1. The Balaban J connectivity index is 2.66. The summed E-state index contributed by atoms with van der Waals surface area (Å²) >= 11 is 5.60. The summed E-state index contributed by atoms with van der Waals surface area (Å²) in [6, 6.07) is 10.1. The number of aryl methyl sites for hydroxylation is 1. The highest BCUT2D eigenvalue weighted by Gasteiger charge is 2.20. The molecule has 0 amide bonds. The Morgan fingerprint density at radius 1 is 1.21 bits per heavy atom. The molecule has 0 aliphatic rings. The van der Waals surface area contributed by atoms with Crippen molar-refractivity contribution >= 4 is 38.1 Å². The highest BCUT2D eigenvalue weighted by atomic mass is 35.5. The van der Waals surface area contributed by atoms with Crippen molar-refractivity contribution in [3.63, 3.8) is 0 Å². The molecule has 128 valence electrons. The predicted molar refractivity (Wildman–Crippen MR) is 95.4 cm³/mol. The second-order valence-electron chi connectivity index (χ2n) is 5.23. The highest BCUT2D eigenvalue weighted by molar-refractivity contribution is 7.90. The molecule has 7 heteroatoms. The number of nitrogens with one attached hydrogen (secondary N) is 1. The number of carbonyl (C=O) groups is 1. The van der Waals surface area contributed by atoms with Gasteiger partial charge in [0.2, 0.25) is 0 Å². The number of halogens is 1. The van der Waals surface area contributed by atoms with Crippen LogP contribution in [0.5, 0.6) is 5.75 Å². The molecule has 0 radical (unpaired) electrons. The molecular weight excluding hydrogens is 350 g/mol. The molecule has 2 aromatic carbocycles. The van der Waals surface area contributed by atoms with Gasteiger partial charge in [0.05, 0.1) is 23.4 Å². The van der Waals surface area contributed by atoms with Crippen LogP contribution in [0.25, 0.3) is 0 Å². The molecular formula is C17H18ClNO4S. The minimum absolute atomic E-state index is 0.00889. The Labute approximate surface area is 146 Å². The maximum absolute atomic E-state index is 12.1. The smallest absolute Gasteiger partial charge is 0.252 e. The zero-order valence-electron chi connectivity index (χ0n) is 13.6. The zero-order chi connectivity index (χ0) is 17.9. The molecule has 0 unspecified atom stereocenters. The summed E-state index contributed by atoms with van der Waals surface area (Å²) in [4.78, 5) is 11.6. The summed E-state index contributed by atoms with van der Waals surface area (Å²) in [5.41, 5.74) is 1.86. The van der Waals surface area contributed by atoms with E-state index in [9.17, 15) is 13.2 Å². The van der Waals surface area contributed by atoms with Gasteiger partial charge in [-0.05, 0) is 47.9 Å². The number of hydrogen-bond acceptors (Lipinski definition) is 5. The molecule has 0 spiro atoms. The number of ether oxygens (including phenoxy) is 1. The molecule has 24 heavy (non-hydrogen) atoms. The minimum atomic E-state index is -3.57. The molecule has 0 heterocycles. The van der Waals surface area contributed by atoms with Crippen LogP contribution in [0.2, 0.25) is 0 Å². The van der Waals surface area contributed by atoms with Gasteiger partial charge in [0, 0.05) is 11.8 Å². The topological polar surface area (TPSA) is 72.5 Å². The van der Waals surface area contributed by atoms with Crippen LogP contribution in [0.15, 0.2) is 41.3 Å².